The third-order valence-electron chi connectivity index (χ3n) is 7.22. The van der Waals surface area contributed by atoms with Crippen LogP contribution in [-0.4, -0.2) is 15.5 Å². The van der Waals surface area contributed by atoms with Gasteiger partial charge in [0.2, 0.25) is 0 Å². The minimum atomic E-state index is -0.193. The Balaban J connectivity index is 1.46. The second kappa shape index (κ2) is 8.53. The highest BCUT2D eigenvalue weighted by Gasteiger charge is 2.33. The lowest BCUT2D eigenvalue weighted by Gasteiger charge is -2.32. The number of carbonyl (C=O) groups excluding carboxylic acids is 1. The monoisotopic (exact) mass is 447 g/mol. The van der Waals surface area contributed by atoms with Crippen LogP contribution in [0.2, 0.25) is 0 Å². The number of benzene rings is 3. The molecule has 1 aromatic heterocycles. The molecule has 1 N–H and O–H groups in total. The lowest BCUT2D eigenvalue weighted by atomic mass is 9.90. The SMILES string of the molecule is Cc1cccc([C@H]2c3cccn3-c3ccccc3CN2C(=O)Nc2cccc3c2CCCC3)c1. The molecule has 1 aliphatic heterocycles. The van der Waals surface area contributed by atoms with Crippen LogP contribution in [0.15, 0.2) is 85.1 Å². The predicted octanol–water partition coefficient (Wildman–Crippen LogP) is 6.80. The van der Waals surface area contributed by atoms with E-state index in [4.69, 9.17) is 0 Å². The normalized spacial score (nSPS) is 16.7. The molecule has 2 heterocycles. The Bertz CT molecular complexity index is 1370. The van der Waals surface area contributed by atoms with Crippen molar-refractivity contribution in [1.82, 2.24) is 9.47 Å². The van der Waals surface area contributed by atoms with Gasteiger partial charge in [0.25, 0.3) is 0 Å². The highest BCUT2D eigenvalue weighted by atomic mass is 16.2. The van der Waals surface area contributed by atoms with Crippen LogP contribution in [0.4, 0.5) is 10.5 Å². The minimum absolute atomic E-state index is 0.0602. The van der Waals surface area contributed by atoms with Crippen LogP contribution >= 0.6 is 0 Å². The molecule has 0 saturated carbocycles. The number of hydrogen-bond donors (Lipinski definition) is 1. The van der Waals surface area contributed by atoms with Crippen molar-refractivity contribution in [1.29, 1.82) is 0 Å². The van der Waals surface area contributed by atoms with Crippen molar-refractivity contribution in [3.8, 4) is 5.69 Å². The first-order valence-electron chi connectivity index (χ1n) is 12.2. The molecule has 34 heavy (non-hydrogen) atoms. The highest BCUT2D eigenvalue weighted by Crippen LogP contribution is 2.37. The van der Waals surface area contributed by atoms with Gasteiger partial charge in [-0.05, 0) is 79.1 Å². The number of hydrogen-bond acceptors (Lipinski definition) is 1. The van der Waals surface area contributed by atoms with E-state index in [-0.39, 0.29) is 12.1 Å². The molecule has 1 atom stereocenters. The number of fused-ring (bicyclic) bond motifs is 4. The van der Waals surface area contributed by atoms with Gasteiger partial charge < -0.3 is 14.8 Å². The van der Waals surface area contributed by atoms with E-state index < -0.39 is 0 Å². The standard InChI is InChI=1S/C30H29N3O/c1-21-9-6-13-23(19-21)29-28-17-8-18-32(28)27-16-5-3-11-24(27)20-33(29)30(34)31-26-15-7-12-22-10-2-4-14-25(22)26/h3,5-9,11-13,15-19,29H,2,4,10,14,20H2,1H3,(H,31,34)/t29-/m0/s1. The Morgan fingerprint density at radius 1 is 0.882 bits per heavy atom. The van der Waals surface area contributed by atoms with E-state index in [1.807, 2.05) is 4.90 Å². The maximum atomic E-state index is 14.0. The van der Waals surface area contributed by atoms with Crippen LogP contribution in [-0.2, 0) is 19.4 Å². The fraction of sp³-hybridized carbons (Fsp3) is 0.233. The lowest BCUT2D eigenvalue weighted by Crippen LogP contribution is -2.38. The highest BCUT2D eigenvalue weighted by molar-refractivity contribution is 5.91. The number of aromatic nitrogens is 1. The number of urea groups is 1. The molecule has 170 valence electrons. The molecule has 4 aromatic rings. The summed E-state index contributed by atoms with van der Waals surface area (Å²) in [6, 6.07) is 27.2. The summed E-state index contributed by atoms with van der Waals surface area (Å²) in [5.41, 5.74) is 9.31. The fourth-order valence-corrected chi connectivity index (χ4v) is 5.62. The molecule has 2 amide bonds. The van der Waals surface area contributed by atoms with E-state index in [2.05, 4.69) is 102 Å². The van der Waals surface area contributed by atoms with Crippen LogP contribution in [0.5, 0.6) is 0 Å². The average Bonchev–Trinajstić information content (AvgIpc) is 3.28. The van der Waals surface area contributed by atoms with E-state index >= 15 is 0 Å². The van der Waals surface area contributed by atoms with Crippen molar-refractivity contribution in [2.24, 2.45) is 0 Å². The summed E-state index contributed by atoms with van der Waals surface area (Å²) in [6.45, 7) is 2.64. The van der Waals surface area contributed by atoms with Crippen LogP contribution in [0.1, 0.15) is 52.4 Å². The number of para-hydroxylation sites is 1. The Labute approximate surface area is 200 Å². The van der Waals surface area contributed by atoms with Gasteiger partial charge in [0.05, 0.1) is 18.3 Å². The Kier molecular flexibility index (Phi) is 5.21. The Hall–Kier alpha value is -3.79. The van der Waals surface area contributed by atoms with Gasteiger partial charge in [-0.1, -0.05) is 60.2 Å². The largest absolute Gasteiger partial charge is 0.322 e. The summed E-state index contributed by atoms with van der Waals surface area (Å²) < 4.78 is 2.24. The van der Waals surface area contributed by atoms with E-state index in [0.29, 0.717) is 6.54 Å². The van der Waals surface area contributed by atoms with Crippen LogP contribution < -0.4 is 5.32 Å². The topological polar surface area (TPSA) is 37.3 Å². The van der Waals surface area contributed by atoms with Gasteiger partial charge in [-0.3, -0.25) is 0 Å². The molecule has 0 bridgehead atoms. The molecule has 0 unspecified atom stereocenters. The molecular weight excluding hydrogens is 418 g/mol. The van der Waals surface area contributed by atoms with Crippen molar-refractivity contribution in [3.05, 3.63) is 119 Å². The van der Waals surface area contributed by atoms with Gasteiger partial charge in [0, 0.05) is 17.6 Å². The first-order valence-corrected chi connectivity index (χ1v) is 12.2. The van der Waals surface area contributed by atoms with Crippen molar-refractivity contribution < 1.29 is 4.79 Å². The van der Waals surface area contributed by atoms with Crippen molar-refractivity contribution in [2.75, 3.05) is 5.32 Å². The number of nitrogens with zero attached hydrogens (tertiary/aromatic N) is 2. The number of anilines is 1. The second-order valence-corrected chi connectivity index (χ2v) is 9.46. The minimum Gasteiger partial charge on any atom is -0.318 e. The average molecular weight is 448 g/mol. The summed E-state index contributed by atoms with van der Waals surface area (Å²) in [5.74, 6) is 0. The fourth-order valence-electron chi connectivity index (χ4n) is 5.62. The van der Waals surface area contributed by atoms with Crippen molar-refractivity contribution in [3.63, 3.8) is 0 Å². The number of aryl methyl sites for hydroxylation is 2. The van der Waals surface area contributed by atoms with Crippen LogP contribution in [0.25, 0.3) is 5.69 Å². The third kappa shape index (κ3) is 3.60. The quantitative estimate of drug-likeness (QED) is 0.360. The molecule has 4 heteroatoms. The first-order chi connectivity index (χ1) is 16.7. The van der Waals surface area contributed by atoms with Gasteiger partial charge in [-0.25, -0.2) is 4.79 Å². The van der Waals surface area contributed by atoms with Crippen LogP contribution in [0, 0.1) is 6.92 Å². The first kappa shape index (κ1) is 20.8. The molecule has 0 fully saturated rings. The summed E-state index contributed by atoms with van der Waals surface area (Å²) in [7, 11) is 0. The number of rotatable bonds is 2. The molecule has 1 aliphatic carbocycles. The van der Waals surface area contributed by atoms with Crippen LogP contribution in [0.3, 0.4) is 0 Å². The van der Waals surface area contributed by atoms with Gasteiger partial charge in [0.1, 0.15) is 0 Å². The maximum Gasteiger partial charge on any atom is 0.322 e. The summed E-state index contributed by atoms with van der Waals surface area (Å²) in [4.78, 5) is 16.0. The molecule has 4 nitrogen and oxygen atoms in total. The predicted molar refractivity (Wildman–Crippen MR) is 136 cm³/mol. The molecule has 0 spiro atoms. The number of amides is 2. The molecule has 3 aromatic carbocycles. The lowest BCUT2D eigenvalue weighted by molar-refractivity contribution is 0.194. The van der Waals surface area contributed by atoms with E-state index in [1.54, 1.807) is 0 Å². The second-order valence-electron chi connectivity index (χ2n) is 9.46. The smallest absolute Gasteiger partial charge is 0.318 e. The zero-order valence-corrected chi connectivity index (χ0v) is 19.5. The van der Waals surface area contributed by atoms with E-state index in [1.165, 1.54) is 29.5 Å². The molecule has 0 radical (unpaired) electrons. The zero-order valence-electron chi connectivity index (χ0n) is 19.5. The van der Waals surface area contributed by atoms with E-state index in [9.17, 15) is 4.79 Å². The third-order valence-corrected chi connectivity index (χ3v) is 7.22. The zero-order chi connectivity index (χ0) is 23.1. The summed E-state index contributed by atoms with van der Waals surface area (Å²) >= 11 is 0. The Morgan fingerprint density at radius 2 is 1.71 bits per heavy atom. The van der Waals surface area contributed by atoms with Gasteiger partial charge in [0.15, 0.2) is 0 Å². The number of nitrogens with one attached hydrogen (secondary N) is 1. The number of carbonyl (C=O) groups is 1. The summed E-state index contributed by atoms with van der Waals surface area (Å²) in [6.07, 6.45) is 6.62. The maximum absolute atomic E-state index is 14.0. The van der Waals surface area contributed by atoms with Gasteiger partial charge in [-0.2, -0.15) is 0 Å². The van der Waals surface area contributed by atoms with Crippen molar-refractivity contribution in [2.45, 2.75) is 45.2 Å². The van der Waals surface area contributed by atoms with E-state index in [0.717, 1.165) is 41.0 Å². The summed E-state index contributed by atoms with van der Waals surface area (Å²) in [5, 5.41) is 3.31. The molecule has 0 saturated heterocycles. The van der Waals surface area contributed by atoms with Gasteiger partial charge in [-0.15, -0.1) is 0 Å². The Morgan fingerprint density at radius 3 is 2.62 bits per heavy atom. The molecule has 2 aliphatic rings. The van der Waals surface area contributed by atoms with Crippen molar-refractivity contribution >= 4 is 11.7 Å². The van der Waals surface area contributed by atoms with Gasteiger partial charge >= 0.3 is 6.03 Å². The molecular formula is C30H29N3O. The molecule has 6 rings (SSSR count).